The zero-order chi connectivity index (χ0) is 21.5. The summed E-state index contributed by atoms with van der Waals surface area (Å²) in [4.78, 5) is 2.47. The lowest BCUT2D eigenvalue weighted by molar-refractivity contribution is 0.164. The van der Waals surface area contributed by atoms with E-state index in [2.05, 4.69) is 21.6 Å². The molecule has 0 aromatic heterocycles. The molecule has 2 aromatic rings. The minimum atomic E-state index is -0.459. The average molecular weight is 452 g/mol. The first-order valence-corrected chi connectivity index (χ1v) is 10.8. The predicted molar refractivity (Wildman–Crippen MR) is 123 cm³/mol. The second-order valence-electron chi connectivity index (χ2n) is 7.19. The van der Waals surface area contributed by atoms with E-state index in [0.29, 0.717) is 28.8 Å². The zero-order valence-corrected chi connectivity index (χ0v) is 18.8. The van der Waals surface area contributed by atoms with Crippen molar-refractivity contribution in [1.82, 2.24) is 10.2 Å². The van der Waals surface area contributed by atoms with Crippen LogP contribution in [0.2, 0.25) is 5.02 Å². The van der Waals surface area contributed by atoms with Crippen LogP contribution in [0.25, 0.3) is 0 Å². The van der Waals surface area contributed by atoms with Gasteiger partial charge in [-0.15, -0.1) is 0 Å². The summed E-state index contributed by atoms with van der Waals surface area (Å²) < 4.78 is 24.2. The number of ether oxygens (including phenoxy) is 2. The number of halogens is 2. The highest BCUT2D eigenvalue weighted by Gasteiger charge is 2.23. The number of anilines is 1. The van der Waals surface area contributed by atoms with Crippen molar-refractivity contribution in [3.05, 3.63) is 52.8 Å². The van der Waals surface area contributed by atoms with Gasteiger partial charge in [0.05, 0.1) is 25.3 Å². The highest BCUT2D eigenvalue weighted by Crippen LogP contribution is 2.33. The highest BCUT2D eigenvalue weighted by atomic mass is 35.5. The quantitative estimate of drug-likeness (QED) is 0.577. The van der Waals surface area contributed by atoms with E-state index in [4.69, 9.17) is 33.3 Å². The molecule has 0 radical (unpaired) electrons. The number of nitrogens with zero attached hydrogens (tertiary/aromatic N) is 1. The van der Waals surface area contributed by atoms with E-state index in [0.717, 1.165) is 18.7 Å². The van der Waals surface area contributed by atoms with Crippen LogP contribution in [0, 0.1) is 5.82 Å². The molecule has 0 aliphatic carbocycles. The fraction of sp³-hybridized carbons (Fsp3) is 0.409. The Kier molecular flexibility index (Phi) is 8.13. The summed E-state index contributed by atoms with van der Waals surface area (Å²) >= 11 is 11.3. The van der Waals surface area contributed by atoms with Gasteiger partial charge in [-0.3, -0.25) is 4.90 Å². The van der Waals surface area contributed by atoms with E-state index < -0.39 is 5.82 Å². The lowest BCUT2D eigenvalue weighted by Crippen LogP contribution is -2.41. The Morgan fingerprint density at radius 1 is 1.10 bits per heavy atom. The number of hydrogen-bond acceptors (Lipinski definition) is 4. The van der Waals surface area contributed by atoms with Crippen LogP contribution < -0.4 is 20.1 Å². The summed E-state index contributed by atoms with van der Waals surface area (Å²) in [6.07, 6.45) is 3.62. The number of piperidine rings is 1. The minimum absolute atomic E-state index is 0.0549. The molecule has 2 aromatic carbocycles. The summed E-state index contributed by atoms with van der Waals surface area (Å²) in [5.41, 5.74) is 1.77. The molecule has 0 amide bonds. The fourth-order valence-corrected chi connectivity index (χ4v) is 4.07. The molecule has 5 nitrogen and oxygen atoms in total. The second kappa shape index (κ2) is 10.8. The molecule has 3 rings (SSSR count). The third kappa shape index (κ3) is 5.74. The minimum Gasteiger partial charge on any atom is -0.493 e. The van der Waals surface area contributed by atoms with Crippen LogP contribution in [-0.4, -0.2) is 43.9 Å². The Balaban J connectivity index is 1.72. The van der Waals surface area contributed by atoms with Gasteiger partial charge < -0.3 is 20.1 Å². The van der Waals surface area contributed by atoms with Gasteiger partial charge in [0, 0.05) is 12.2 Å². The molecule has 8 heteroatoms. The van der Waals surface area contributed by atoms with Crippen molar-refractivity contribution in [2.45, 2.75) is 25.3 Å². The molecule has 0 bridgehead atoms. The molecule has 0 saturated carbocycles. The van der Waals surface area contributed by atoms with Gasteiger partial charge in [0.25, 0.3) is 0 Å². The summed E-state index contributed by atoms with van der Waals surface area (Å²) in [6, 6.07) is 10.6. The third-order valence-electron chi connectivity index (χ3n) is 5.26. The number of nitrogens with one attached hydrogen (secondary N) is 2. The van der Waals surface area contributed by atoms with Crippen LogP contribution in [0.5, 0.6) is 11.5 Å². The molecule has 1 aliphatic heterocycles. The first-order chi connectivity index (χ1) is 14.5. The first-order valence-electron chi connectivity index (χ1n) is 9.97. The Bertz CT molecular complexity index is 877. The van der Waals surface area contributed by atoms with Crippen LogP contribution in [0.15, 0.2) is 36.4 Å². The Labute approximate surface area is 187 Å². The molecule has 1 unspecified atom stereocenters. The van der Waals surface area contributed by atoms with Gasteiger partial charge in [0.2, 0.25) is 0 Å². The number of benzene rings is 2. The third-order valence-corrected chi connectivity index (χ3v) is 5.79. The molecule has 1 saturated heterocycles. The average Bonchev–Trinajstić information content (AvgIpc) is 2.77. The predicted octanol–water partition coefficient (Wildman–Crippen LogP) is 5.01. The van der Waals surface area contributed by atoms with Gasteiger partial charge in [-0.25, -0.2) is 4.39 Å². The standard InChI is InChI=1S/C22H27ClFN3O2S/c1-28-20-9-6-15(12-21(20)29-2)19(27-10-4-3-5-11-27)14-25-22(30)26-16-7-8-18(24)17(23)13-16/h6-9,12-13,19H,3-5,10-11,14H2,1-2H3,(H2,25,26,30). The molecule has 1 aliphatic rings. The normalized spacial score (nSPS) is 15.3. The summed E-state index contributed by atoms with van der Waals surface area (Å²) in [5, 5.41) is 6.88. The van der Waals surface area contributed by atoms with E-state index >= 15 is 0 Å². The molecule has 1 heterocycles. The van der Waals surface area contributed by atoms with Gasteiger partial charge >= 0.3 is 0 Å². The zero-order valence-electron chi connectivity index (χ0n) is 17.2. The van der Waals surface area contributed by atoms with Gasteiger partial charge in [0.15, 0.2) is 16.6 Å². The van der Waals surface area contributed by atoms with Crippen molar-refractivity contribution in [2.75, 3.05) is 39.2 Å². The molecule has 2 N–H and O–H groups in total. The summed E-state index contributed by atoms with van der Waals surface area (Å²) in [7, 11) is 3.27. The van der Waals surface area contributed by atoms with Gasteiger partial charge in [-0.2, -0.15) is 0 Å². The lowest BCUT2D eigenvalue weighted by Gasteiger charge is -2.35. The number of methoxy groups -OCH3 is 2. The van der Waals surface area contributed by atoms with Crippen molar-refractivity contribution in [3.8, 4) is 11.5 Å². The molecule has 162 valence electrons. The maximum Gasteiger partial charge on any atom is 0.170 e. The summed E-state index contributed by atoms with van der Waals surface area (Å²) in [5.74, 6) is 0.954. The molecule has 0 spiro atoms. The van der Waals surface area contributed by atoms with Crippen molar-refractivity contribution in [1.29, 1.82) is 0 Å². The van der Waals surface area contributed by atoms with E-state index in [1.807, 2.05) is 12.1 Å². The van der Waals surface area contributed by atoms with Crippen LogP contribution in [0.1, 0.15) is 30.9 Å². The van der Waals surface area contributed by atoms with E-state index in [9.17, 15) is 4.39 Å². The molecular formula is C22H27ClFN3O2S. The monoisotopic (exact) mass is 451 g/mol. The van der Waals surface area contributed by atoms with Crippen molar-refractivity contribution >= 4 is 34.6 Å². The van der Waals surface area contributed by atoms with E-state index in [-0.39, 0.29) is 11.1 Å². The first kappa shape index (κ1) is 22.6. The number of rotatable bonds is 7. The highest BCUT2D eigenvalue weighted by molar-refractivity contribution is 7.80. The van der Waals surface area contributed by atoms with Crippen molar-refractivity contribution < 1.29 is 13.9 Å². The summed E-state index contributed by atoms with van der Waals surface area (Å²) in [6.45, 7) is 2.69. The van der Waals surface area contributed by atoms with Crippen LogP contribution in [0.3, 0.4) is 0 Å². The van der Waals surface area contributed by atoms with Crippen molar-refractivity contribution in [2.24, 2.45) is 0 Å². The molecule has 1 atom stereocenters. The SMILES string of the molecule is COc1ccc(C(CNC(=S)Nc2ccc(F)c(Cl)c2)N2CCCCC2)cc1OC. The smallest absolute Gasteiger partial charge is 0.170 e. The van der Waals surface area contributed by atoms with Gasteiger partial charge in [0.1, 0.15) is 5.82 Å². The van der Waals surface area contributed by atoms with Gasteiger partial charge in [-0.1, -0.05) is 24.1 Å². The topological polar surface area (TPSA) is 45.8 Å². The Morgan fingerprint density at radius 3 is 2.50 bits per heavy atom. The fourth-order valence-electron chi connectivity index (χ4n) is 3.69. The Morgan fingerprint density at radius 2 is 1.83 bits per heavy atom. The van der Waals surface area contributed by atoms with E-state index in [1.54, 1.807) is 20.3 Å². The second-order valence-corrected chi connectivity index (χ2v) is 8.01. The molecular weight excluding hydrogens is 425 g/mol. The molecule has 30 heavy (non-hydrogen) atoms. The van der Waals surface area contributed by atoms with Gasteiger partial charge in [-0.05, 0) is 74.0 Å². The van der Waals surface area contributed by atoms with Crippen LogP contribution in [0.4, 0.5) is 10.1 Å². The van der Waals surface area contributed by atoms with Crippen LogP contribution in [-0.2, 0) is 0 Å². The number of hydrogen-bond donors (Lipinski definition) is 2. The lowest BCUT2D eigenvalue weighted by atomic mass is 10.0. The largest absolute Gasteiger partial charge is 0.493 e. The number of likely N-dealkylation sites (tertiary alicyclic amines) is 1. The van der Waals surface area contributed by atoms with Crippen molar-refractivity contribution in [3.63, 3.8) is 0 Å². The van der Waals surface area contributed by atoms with E-state index in [1.165, 1.54) is 31.4 Å². The number of thiocarbonyl (C=S) groups is 1. The maximum atomic E-state index is 13.4. The maximum absolute atomic E-state index is 13.4. The van der Waals surface area contributed by atoms with Crippen LogP contribution >= 0.6 is 23.8 Å². The Hall–Kier alpha value is -2.09. The molecule has 1 fully saturated rings.